The van der Waals surface area contributed by atoms with Crippen molar-refractivity contribution in [2.75, 3.05) is 41.5 Å². The molecule has 1 fully saturated rings. The number of hydrogen-bond acceptors (Lipinski definition) is 7. The Hall–Kier alpha value is -3.94. The predicted molar refractivity (Wildman–Crippen MR) is 136 cm³/mol. The molecule has 1 aliphatic heterocycles. The van der Waals surface area contributed by atoms with E-state index in [0.29, 0.717) is 48.8 Å². The number of allylic oxidation sites excluding steroid dienone is 1. The van der Waals surface area contributed by atoms with E-state index in [9.17, 15) is 9.59 Å². The number of nitrogens with zero attached hydrogens (tertiary/aromatic N) is 1. The molecule has 2 heterocycles. The monoisotopic (exact) mass is 493 g/mol. The number of esters is 1. The standard InChI is InChI=1S/C28H31NO7/c1-17(12-27(30)29-10-8-18(9-11-29)28(31)35-5)20-14-22-23(16-36-26(22)15-25(20)34-4)21-13-19(32-2)6-7-24(21)33-3/h6-7,12-16,18H,8-11H2,1-5H3/b17-12+. The number of fused-ring (bicyclic) bond motifs is 1. The lowest BCUT2D eigenvalue weighted by atomic mass is 9.96. The van der Waals surface area contributed by atoms with Crippen LogP contribution in [0.15, 0.2) is 47.1 Å². The Morgan fingerprint density at radius 1 is 0.944 bits per heavy atom. The highest BCUT2D eigenvalue weighted by Crippen LogP contribution is 2.41. The molecule has 1 aliphatic rings. The van der Waals surface area contributed by atoms with Crippen molar-refractivity contribution in [3.05, 3.63) is 48.2 Å². The van der Waals surface area contributed by atoms with Gasteiger partial charge in [0, 0.05) is 47.3 Å². The van der Waals surface area contributed by atoms with Crippen molar-refractivity contribution < 1.29 is 33.0 Å². The van der Waals surface area contributed by atoms with Crippen LogP contribution in [0.3, 0.4) is 0 Å². The van der Waals surface area contributed by atoms with Gasteiger partial charge in [-0.1, -0.05) is 0 Å². The minimum Gasteiger partial charge on any atom is -0.497 e. The summed E-state index contributed by atoms with van der Waals surface area (Å²) in [7, 11) is 6.22. The molecule has 0 spiro atoms. The minimum absolute atomic E-state index is 0.0974. The van der Waals surface area contributed by atoms with Gasteiger partial charge < -0.3 is 28.3 Å². The largest absolute Gasteiger partial charge is 0.497 e. The van der Waals surface area contributed by atoms with Gasteiger partial charge in [-0.05, 0) is 49.6 Å². The van der Waals surface area contributed by atoms with Crippen LogP contribution in [0.1, 0.15) is 25.3 Å². The van der Waals surface area contributed by atoms with Crippen LogP contribution in [-0.4, -0.2) is 58.3 Å². The van der Waals surface area contributed by atoms with Crippen LogP contribution >= 0.6 is 0 Å². The minimum atomic E-state index is -0.213. The third kappa shape index (κ3) is 4.89. The number of furan rings is 1. The van der Waals surface area contributed by atoms with Crippen LogP contribution in [0.2, 0.25) is 0 Å². The van der Waals surface area contributed by atoms with Crippen LogP contribution in [0.5, 0.6) is 17.2 Å². The maximum absolute atomic E-state index is 13.0. The number of amides is 1. The van der Waals surface area contributed by atoms with E-state index in [0.717, 1.165) is 27.6 Å². The molecule has 190 valence electrons. The maximum Gasteiger partial charge on any atom is 0.308 e. The summed E-state index contributed by atoms with van der Waals surface area (Å²) in [5.74, 6) is 1.53. The van der Waals surface area contributed by atoms with Gasteiger partial charge in [0.2, 0.25) is 5.91 Å². The molecule has 0 aliphatic carbocycles. The molecule has 0 saturated carbocycles. The van der Waals surface area contributed by atoms with E-state index in [2.05, 4.69) is 0 Å². The maximum atomic E-state index is 13.0. The Labute approximate surface area is 210 Å². The molecule has 1 saturated heterocycles. The van der Waals surface area contributed by atoms with Gasteiger partial charge in [-0.3, -0.25) is 9.59 Å². The third-order valence-electron chi connectivity index (χ3n) is 6.70. The van der Waals surface area contributed by atoms with Gasteiger partial charge in [-0.15, -0.1) is 0 Å². The van der Waals surface area contributed by atoms with Gasteiger partial charge in [0.1, 0.15) is 22.8 Å². The SMILES string of the molecule is COC(=O)C1CCN(C(=O)/C=C(\C)c2cc3c(-c4cc(OC)ccc4OC)coc3cc2OC)CC1. The molecule has 0 N–H and O–H groups in total. The van der Waals surface area contributed by atoms with Gasteiger partial charge in [0.05, 0.1) is 40.6 Å². The quantitative estimate of drug-likeness (QED) is 0.340. The predicted octanol–water partition coefficient (Wildman–Crippen LogP) is 4.94. The molecule has 3 aromatic rings. The third-order valence-corrected chi connectivity index (χ3v) is 6.70. The van der Waals surface area contributed by atoms with Gasteiger partial charge >= 0.3 is 5.97 Å². The molecular formula is C28H31NO7. The average Bonchev–Trinajstić information content (AvgIpc) is 3.34. The van der Waals surface area contributed by atoms with Crippen molar-refractivity contribution in [3.8, 4) is 28.4 Å². The molecule has 36 heavy (non-hydrogen) atoms. The van der Waals surface area contributed by atoms with Crippen molar-refractivity contribution in [2.45, 2.75) is 19.8 Å². The van der Waals surface area contributed by atoms with Crippen molar-refractivity contribution >= 4 is 28.4 Å². The van der Waals surface area contributed by atoms with E-state index >= 15 is 0 Å². The molecule has 0 radical (unpaired) electrons. The summed E-state index contributed by atoms with van der Waals surface area (Å²) in [5, 5.41) is 0.858. The first-order chi connectivity index (χ1) is 17.4. The first kappa shape index (κ1) is 25.2. The van der Waals surface area contributed by atoms with E-state index in [-0.39, 0.29) is 17.8 Å². The Morgan fingerprint density at radius 2 is 1.67 bits per heavy atom. The Kier molecular flexibility index (Phi) is 7.52. The summed E-state index contributed by atoms with van der Waals surface area (Å²) in [6, 6.07) is 9.38. The molecular weight excluding hydrogens is 462 g/mol. The lowest BCUT2D eigenvalue weighted by Crippen LogP contribution is -2.39. The number of likely N-dealkylation sites (tertiary alicyclic amines) is 1. The smallest absolute Gasteiger partial charge is 0.308 e. The van der Waals surface area contributed by atoms with E-state index < -0.39 is 0 Å². The fraction of sp³-hybridized carbons (Fsp3) is 0.357. The fourth-order valence-electron chi connectivity index (χ4n) is 4.62. The van der Waals surface area contributed by atoms with Gasteiger partial charge in [-0.25, -0.2) is 0 Å². The zero-order valence-corrected chi connectivity index (χ0v) is 21.3. The van der Waals surface area contributed by atoms with Gasteiger partial charge in [0.15, 0.2) is 0 Å². The normalized spacial score (nSPS) is 14.6. The number of piperidine rings is 1. The molecule has 8 nitrogen and oxygen atoms in total. The van der Waals surface area contributed by atoms with Crippen LogP contribution in [-0.2, 0) is 14.3 Å². The van der Waals surface area contributed by atoms with Crippen molar-refractivity contribution in [1.82, 2.24) is 4.90 Å². The summed E-state index contributed by atoms with van der Waals surface area (Å²) in [5.41, 5.74) is 3.87. The molecule has 1 aromatic heterocycles. The molecule has 0 atom stereocenters. The number of methoxy groups -OCH3 is 4. The van der Waals surface area contributed by atoms with E-state index in [1.54, 1.807) is 38.6 Å². The molecule has 2 aromatic carbocycles. The van der Waals surface area contributed by atoms with Crippen LogP contribution < -0.4 is 14.2 Å². The number of ether oxygens (including phenoxy) is 4. The lowest BCUT2D eigenvalue weighted by molar-refractivity contribution is -0.148. The summed E-state index contributed by atoms with van der Waals surface area (Å²) >= 11 is 0. The lowest BCUT2D eigenvalue weighted by Gasteiger charge is -2.30. The zero-order chi connectivity index (χ0) is 25.8. The second-order valence-corrected chi connectivity index (χ2v) is 8.71. The summed E-state index contributed by atoms with van der Waals surface area (Å²) in [4.78, 5) is 26.6. The topological polar surface area (TPSA) is 87.4 Å². The highest BCUT2D eigenvalue weighted by Gasteiger charge is 2.27. The van der Waals surface area contributed by atoms with E-state index in [1.807, 2.05) is 37.3 Å². The Morgan fingerprint density at radius 3 is 2.31 bits per heavy atom. The number of carbonyl (C=O) groups is 2. The van der Waals surface area contributed by atoms with Crippen molar-refractivity contribution in [2.24, 2.45) is 5.92 Å². The fourth-order valence-corrected chi connectivity index (χ4v) is 4.62. The first-order valence-electron chi connectivity index (χ1n) is 11.8. The molecule has 0 unspecified atom stereocenters. The highest BCUT2D eigenvalue weighted by molar-refractivity contribution is 6.01. The van der Waals surface area contributed by atoms with Crippen molar-refractivity contribution in [3.63, 3.8) is 0 Å². The Balaban J connectivity index is 1.67. The number of benzene rings is 2. The van der Waals surface area contributed by atoms with E-state index in [4.69, 9.17) is 23.4 Å². The van der Waals surface area contributed by atoms with Gasteiger partial charge in [-0.2, -0.15) is 0 Å². The molecule has 0 bridgehead atoms. The van der Waals surface area contributed by atoms with Gasteiger partial charge in [0.25, 0.3) is 0 Å². The number of rotatable bonds is 7. The van der Waals surface area contributed by atoms with Crippen LogP contribution in [0.4, 0.5) is 0 Å². The zero-order valence-electron chi connectivity index (χ0n) is 21.3. The van der Waals surface area contributed by atoms with E-state index in [1.165, 1.54) is 7.11 Å². The Bertz CT molecular complexity index is 1300. The number of hydrogen-bond donors (Lipinski definition) is 0. The summed E-state index contributed by atoms with van der Waals surface area (Å²) in [6.45, 7) is 2.91. The second kappa shape index (κ2) is 10.8. The molecule has 8 heteroatoms. The van der Waals surface area contributed by atoms with Crippen molar-refractivity contribution in [1.29, 1.82) is 0 Å². The highest BCUT2D eigenvalue weighted by atomic mass is 16.5. The molecule has 1 amide bonds. The van der Waals surface area contributed by atoms with Crippen LogP contribution in [0, 0.1) is 5.92 Å². The molecule has 4 rings (SSSR count). The summed E-state index contributed by atoms with van der Waals surface area (Å²) < 4.78 is 27.3. The first-order valence-corrected chi connectivity index (χ1v) is 11.8. The second-order valence-electron chi connectivity index (χ2n) is 8.71. The number of carbonyl (C=O) groups excluding carboxylic acids is 2. The van der Waals surface area contributed by atoms with Crippen LogP contribution in [0.25, 0.3) is 27.7 Å². The average molecular weight is 494 g/mol. The summed E-state index contributed by atoms with van der Waals surface area (Å²) in [6.07, 6.45) is 4.50.